The van der Waals surface area contributed by atoms with Crippen molar-refractivity contribution in [1.82, 2.24) is 0 Å². The zero-order chi connectivity index (χ0) is 12.4. The van der Waals surface area contributed by atoms with Crippen molar-refractivity contribution in [2.24, 2.45) is 0 Å². The Kier molecular flexibility index (Phi) is 2.95. The molecule has 1 aliphatic heterocycles. The highest BCUT2D eigenvalue weighted by molar-refractivity contribution is 6.19. The van der Waals surface area contributed by atoms with E-state index in [9.17, 15) is 9.59 Å². The first-order valence-electron chi connectivity index (χ1n) is 5.32. The van der Waals surface area contributed by atoms with Gasteiger partial charge < -0.3 is 9.53 Å². The lowest BCUT2D eigenvalue weighted by atomic mass is 9.94. The SMILES string of the molecule is C/C=C1\C(=O)N(c2ccc(OC)cc2)C1C=O. The molecule has 0 N–H and O–H groups in total. The molecule has 1 unspecified atom stereocenters. The maximum atomic E-state index is 11.8. The first-order chi connectivity index (χ1) is 8.22. The molecule has 0 saturated carbocycles. The number of aldehydes is 1. The number of allylic oxidation sites excluding steroid dienone is 1. The van der Waals surface area contributed by atoms with Crippen molar-refractivity contribution in [2.45, 2.75) is 13.0 Å². The van der Waals surface area contributed by atoms with Gasteiger partial charge in [0.25, 0.3) is 5.91 Å². The molecule has 1 heterocycles. The van der Waals surface area contributed by atoms with E-state index in [2.05, 4.69) is 0 Å². The summed E-state index contributed by atoms with van der Waals surface area (Å²) in [4.78, 5) is 24.2. The summed E-state index contributed by atoms with van der Waals surface area (Å²) in [6.45, 7) is 1.76. The third-order valence-electron chi connectivity index (χ3n) is 2.85. The number of amides is 1. The van der Waals surface area contributed by atoms with Gasteiger partial charge in [0, 0.05) is 11.3 Å². The molecule has 0 spiro atoms. The van der Waals surface area contributed by atoms with Crippen LogP contribution >= 0.6 is 0 Å². The van der Waals surface area contributed by atoms with Crippen molar-refractivity contribution in [3.8, 4) is 5.75 Å². The highest BCUT2D eigenvalue weighted by Crippen LogP contribution is 2.31. The Labute approximate surface area is 99.5 Å². The van der Waals surface area contributed by atoms with Gasteiger partial charge in [-0.25, -0.2) is 0 Å². The Morgan fingerprint density at radius 1 is 1.29 bits per heavy atom. The lowest BCUT2D eigenvalue weighted by Gasteiger charge is -2.39. The van der Waals surface area contributed by atoms with Crippen molar-refractivity contribution >= 4 is 17.9 Å². The van der Waals surface area contributed by atoms with Crippen molar-refractivity contribution in [3.63, 3.8) is 0 Å². The summed E-state index contributed by atoms with van der Waals surface area (Å²) < 4.78 is 5.04. The van der Waals surface area contributed by atoms with E-state index in [0.717, 1.165) is 12.0 Å². The summed E-state index contributed by atoms with van der Waals surface area (Å²) in [5, 5.41) is 0. The van der Waals surface area contributed by atoms with Crippen LogP contribution in [-0.4, -0.2) is 25.3 Å². The number of carbonyl (C=O) groups is 2. The number of hydrogen-bond donors (Lipinski definition) is 0. The zero-order valence-corrected chi connectivity index (χ0v) is 9.71. The highest BCUT2D eigenvalue weighted by Gasteiger charge is 2.42. The minimum atomic E-state index is -0.458. The summed E-state index contributed by atoms with van der Waals surface area (Å²) in [5.74, 6) is 0.602. The van der Waals surface area contributed by atoms with Crippen LogP contribution in [0.3, 0.4) is 0 Å². The monoisotopic (exact) mass is 231 g/mol. The topological polar surface area (TPSA) is 46.6 Å². The molecule has 17 heavy (non-hydrogen) atoms. The maximum absolute atomic E-state index is 11.8. The van der Waals surface area contributed by atoms with E-state index < -0.39 is 6.04 Å². The minimum absolute atomic E-state index is 0.116. The molecule has 0 aromatic heterocycles. The maximum Gasteiger partial charge on any atom is 0.257 e. The third kappa shape index (κ3) is 1.71. The smallest absolute Gasteiger partial charge is 0.257 e. The van der Waals surface area contributed by atoms with Gasteiger partial charge in [0.1, 0.15) is 18.1 Å². The standard InChI is InChI=1S/C13H13NO3/c1-3-11-12(8-15)14(13(11)16)9-4-6-10(17-2)7-5-9/h3-8,12H,1-2H3/b11-3-. The van der Waals surface area contributed by atoms with Gasteiger partial charge in [-0.3, -0.25) is 9.69 Å². The zero-order valence-electron chi connectivity index (χ0n) is 9.71. The van der Waals surface area contributed by atoms with Crippen LogP contribution in [0, 0.1) is 0 Å². The number of nitrogens with zero attached hydrogens (tertiary/aromatic N) is 1. The van der Waals surface area contributed by atoms with Crippen molar-refractivity contribution in [2.75, 3.05) is 12.0 Å². The number of benzene rings is 1. The van der Waals surface area contributed by atoms with Crippen LogP contribution in [0.2, 0.25) is 0 Å². The van der Waals surface area contributed by atoms with Gasteiger partial charge in [0.2, 0.25) is 0 Å². The Morgan fingerprint density at radius 2 is 1.94 bits per heavy atom. The molecule has 1 saturated heterocycles. The molecule has 1 fully saturated rings. The summed E-state index contributed by atoms with van der Waals surface area (Å²) in [6.07, 6.45) is 2.46. The van der Waals surface area contributed by atoms with E-state index in [1.54, 1.807) is 44.4 Å². The number of carbonyl (C=O) groups excluding carboxylic acids is 2. The largest absolute Gasteiger partial charge is 0.497 e. The lowest BCUT2D eigenvalue weighted by Crippen LogP contribution is -2.56. The fourth-order valence-electron chi connectivity index (χ4n) is 1.91. The van der Waals surface area contributed by atoms with Gasteiger partial charge in [0.05, 0.1) is 7.11 Å². The Balaban J connectivity index is 2.28. The quantitative estimate of drug-likeness (QED) is 0.450. The fraction of sp³-hybridized carbons (Fsp3) is 0.231. The van der Waals surface area contributed by atoms with Crippen LogP contribution in [0.1, 0.15) is 6.92 Å². The van der Waals surface area contributed by atoms with Crippen LogP contribution in [0.25, 0.3) is 0 Å². The van der Waals surface area contributed by atoms with E-state index in [-0.39, 0.29) is 5.91 Å². The number of ether oxygens (including phenoxy) is 1. The van der Waals surface area contributed by atoms with E-state index >= 15 is 0 Å². The Bertz CT molecular complexity index is 476. The Hall–Kier alpha value is -2.10. The first kappa shape index (κ1) is 11.4. The molecule has 88 valence electrons. The Morgan fingerprint density at radius 3 is 2.41 bits per heavy atom. The molecular weight excluding hydrogens is 218 g/mol. The van der Waals surface area contributed by atoms with Gasteiger partial charge in [-0.15, -0.1) is 0 Å². The number of β-lactam (4-membered cyclic amide) rings is 1. The number of methoxy groups -OCH3 is 1. The van der Waals surface area contributed by atoms with Gasteiger partial charge in [0.15, 0.2) is 0 Å². The highest BCUT2D eigenvalue weighted by atomic mass is 16.5. The normalized spacial score (nSPS) is 21.3. The molecule has 0 radical (unpaired) electrons. The molecule has 1 aromatic carbocycles. The molecule has 2 rings (SSSR count). The van der Waals surface area contributed by atoms with E-state index in [4.69, 9.17) is 4.74 Å². The van der Waals surface area contributed by atoms with E-state index in [1.165, 1.54) is 4.90 Å². The second kappa shape index (κ2) is 4.41. The number of rotatable bonds is 3. The number of hydrogen-bond acceptors (Lipinski definition) is 3. The minimum Gasteiger partial charge on any atom is -0.497 e. The van der Waals surface area contributed by atoms with Crippen molar-refractivity contribution < 1.29 is 14.3 Å². The predicted octanol–water partition coefficient (Wildman–Crippen LogP) is 1.56. The predicted molar refractivity (Wildman–Crippen MR) is 64.1 cm³/mol. The van der Waals surface area contributed by atoms with Gasteiger partial charge in [-0.05, 0) is 31.2 Å². The summed E-state index contributed by atoms with van der Waals surface area (Å²) in [5.41, 5.74) is 1.26. The van der Waals surface area contributed by atoms with Crippen LogP contribution in [0.5, 0.6) is 5.75 Å². The molecule has 1 aliphatic rings. The van der Waals surface area contributed by atoms with Crippen molar-refractivity contribution in [1.29, 1.82) is 0 Å². The molecule has 1 atom stereocenters. The third-order valence-corrected chi connectivity index (χ3v) is 2.85. The average molecular weight is 231 g/mol. The van der Waals surface area contributed by atoms with Gasteiger partial charge in [-0.1, -0.05) is 6.08 Å². The van der Waals surface area contributed by atoms with Crippen LogP contribution in [0.4, 0.5) is 5.69 Å². The molecular formula is C13H13NO3. The lowest BCUT2D eigenvalue weighted by molar-refractivity contribution is -0.122. The summed E-state index contributed by atoms with van der Waals surface area (Å²) >= 11 is 0. The van der Waals surface area contributed by atoms with Crippen molar-refractivity contribution in [3.05, 3.63) is 35.9 Å². The second-order valence-electron chi connectivity index (χ2n) is 3.70. The fourth-order valence-corrected chi connectivity index (χ4v) is 1.91. The average Bonchev–Trinajstić information content (AvgIpc) is 2.37. The van der Waals surface area contributed by atoms with Crippen LogP contribution in [0.15, 0.2) is 35.9 Å². The summed E-state index contributed by atoms with van der Waals surface area (Å²) in [7, 11) is 1.58. The van der Waals surface area contributed by atoms with E-state index in [1.807, 2.05) is 0 Å². The molecule has 4 heteroatoms. The van der Waals surface area contributed by atoms with E-state index in [0.29, 0.717) is 11.3 Å². The summed E-state index contributed by atoms with van der Waals surface area (Å²) in [6, 6.07) is 6.59. The molecule has 0 aliphatic carbocycles. The van der Waals surface area contributed by atoms with Crippen LogP contribution in [-0.2, 0) is 9.59 Å². The molecule has 4 nitrogen and oxygen atoms in total. The second-order valence-corrected chi connectivity index (χ2v) is 3.70. The van der Waals surface area contributed by atoms with Gasteiger partial charge in [-0.2, -0.15) is 0 Å². The number of anilines is 1. The van der Waals surface area contributed by atoms with Gasteiger partial charge >= 0.3 is 0 Å². The molecule has 1 amide bonds. The van der Waals surface area contributed by atoms with Crippen LogP contribution < -0.4 is 9.64 Å². The molecule has 0 bridgehead atoms. The molecule has 1 aromatic rings. The first-order valence-corrected chi connectivity index (χ1v) is 5.32.